The van der Waals surface area contributed by atoms with Gasteiger partial charge in [0.15, 0.2) is 11.0 Å². The molecule has 6 rings (SSSR count). The van der Waals surface area contributed by atoms with Crippen molar-refractivity contribution >= 4 is 22.8 Å². The number of hydrogen-bond donors (Lipinski definition) is 0. The summed E-state index contributed by atoms with van der Waals surface area (Å²) in [6, 6.07) is 15.4. The highest BCUT2D eigenvalue weighted by molar-refractivity contribution is 5.96. The van der Waals surface area contributed by atoms with E-state index in [2.05, 4.69) is 26.4 Å². The van der Waals surface area contributed by atoms with E-state index in [0.29, 0.717) is 43.5 Å². The molecule has 184 valence electrons. The van der Waals surface area contributed by atoms with Crippen LogP contribution in [0.3, 0.4) is 0 Å². The first-order valence-electron chi connectivity index (χ1n) is 12.4. The van der Waals surface area contributed by atoms with Crippen molar-refractivity contribution in [3.63, 3.8) is 0 Å². The molecule has 9 heteroatoms. The summed E-state index contributed by atoms with van der Waals surface area (Å²) in [5.41, 5.74) is 3.83. The minimum atomic E-state index is -0.113. The van der Waals surface area contributed by atoms with Crippen molar-refractivity contribution in [3.8, 4) is 11.4 Å². The van der Waals surface area contributed by atoms with E-state index in [1.165, 1.54) is 0 Å². The molecular formula is C27H29N6O3+. The summed E-state index contributed by atoms with van der Waals surface area (Å²) in [7, 11) is 4.04. The van der Waals surface area contributed by atoms with Crippen LogP contribution in [0.25, 0.3) is 22.4 Å². The first-order valence-corrected chi connectivity index (χ1v) is 12.4. The molecule has 2 aliphatic rings. The van der Waals surface area contributed by atoms with E-state index in [4.69, 9.17) is 9.51 Å². The van der Waals surface area contributed by atoms with E-state index in [-0.39, 0.29) is 23.7 Å². The summed E-state index contributed by atoms with van der Waals surface area (Å²) < 4.78 is 9.80. The molecule has 0 bridgehead atoms. The zero-order valence-electron chi connectivity index (χ0n) is 20.5. The number of imidazole rings is 1. The Hall–Kier alpha value is -4.01. The van der Waals surface area contributed by atoms with Crippen molar-refractivity contribution in [2.45, 2.75) is 18.8 Å². The molecule has 2 aliphatic heterocycles. The molecule has 0 atom stereocenters. The molecule has 36 heavy (non-hydrogen) atoms. The number of benzene rings is 2. The Morgan fingerprint density at radius 1 is 1.03 bits per heavy atom. The van der Waals surface area contributed by atoms with Gasteiger partial charge in [-0.15, -0.1) is 0 Å². The van der Waals surface area contributed by atoms with Gasteiger partial charge in [0.25, 0.3) is 5.91 Å². The number of aryl methyl sites for hydroxylation is 2. The van der Waals surface area contributed by atoms with Crippen molar-refractivity contribution < 1.29 is 18.7 Å². The third kappa shape index (κ3) is 3.94. The van der Waals surface area contributed by atoms with Crippen molar-refractivity contribution in [1.82, 2.24) is 24.5 Å². The topological polar surface area (TPSA) is 88.4 Å². The number of piperidine rings is 1. The lowest BCUT2D eigenvalue weighted by Gasteiger charge is -2.42. The van der Waals surface area contributed by atoms with Crippen LogP contribution >= 0.6 is 0 Å². The quantitative estimate of drug-likeness (QED) is 0.415. The van der Waals surface area contributed by atoms with Gasteiger partial charge in [0.05, 0.1) is 20.0 Å². The maximum Gasteiger partial charge on any atom is 0.253 e. The molecule has 2 saturated heterocycles. The molecule has 0 N–H and O–H groups in total. The van der Waals surface area contributed by atoms with Crippen LogP contribution in [-0.4, -0.2) is 62.5 Å². The van der Waals surface area contributed by atoms with Gasteiger partial charge >= 0.3 is 0 Å². The molecule has 0 saturated carbocycles. The number of amides is 2. The highest BCUT2D eigenvalue weighted by atomic mass is 16.5. The minimum Gasteiger partial charge on any atom is -0.342 e. The Balaban J connectivity index is 1.05. The molecule has 0 unspecified atom stereocenters. The average molecular weight is 486 g/mol. The maximum absolute atomic E-state index is 13.0. The van der Waals surface area contributed by atoms with E-state index in [1.54, 1.807) is 4.90 Å². The number of rotatable bonds is 4. The van der Waals surface area contributed by atoms with E-state index in [9.17, 15) is 9.59 Å². The molecule has 4 heterocycles. The van der Waals surface area contributed by atoms with Gasteiger partial charge in [-0.2, -0.15) is 4.98 Å². The number of carbonyl (C=O) groups excluding carboxylic acids is 2. The van der Waals surface area contributed by atoms with E-state index in [1.807, 2.05) is 61.7 Å². The van der Waals surface area contributed by atoms with Crippen LogP contribution in [0.5, 0.6) is 0 Å². The molecule has 2 fully saturated rings. The van der Waals surface area contributed by atoms with Gasteiger partial charge in [-0.3, -0.25) is 9.59 Å². The van der Waals surface area contributed by atoms with Crippen LogP contribution in [0, 0.1) is 5.92 Å². The Kier molecular flexibility index (Phi) is 5.55. The number of nitrogens with zero attached hydrogens (tertiary/aromatic N) is 6. The first kappa shape index (κ1) is 22.5. The maximum atomic E-state index is 13.0. The molecule has 0 radical (unpaired) electrons. The minimum absolute atomic E-state index is 0.00859. The second-order valence-corrected chi connectivity index (χ2v) is 9.87. The molecule has 2 amide bonds. The Labute approximate surface area is 208 Å². The summed E-state index contributed by atoms with van der Waals surface area (Å²) in [5.74, 6) is 1.39. The normalized spacial score (nSPS) is 16.9. The predicted molar refractivity (Wildman–Crippen MR) is 132 cm³/mol. The number of carbonyl (C=O) groups is 2. The van der Waals surface area contributed by atoms with Gasteiger partial charge in [-0.1, -0.05) is 23.4 Å². The second kappa shape index (κ2) is 8.89. The summed E-state index contributed by atoms with van der Waals surface area (Å²) in [5, 5.41) is 4.24. The Bertz CT molecular complexity index is 1430. The third-order valence-corrected chi connectivity index (χ3v) is 7.48. The molecule has 2 aromatic heterocycles. The fraction of sp³-hybridized carbons (Fsp3) is 0.370. The lowest BCUT2D eigenvalue weighted by Crippen LogP contribution is -2.57. The number of aromatic nitrogens is 4. The summed E-state index contributed by atoms with van der Waals surface area (Å²) in [6.07, 6.45) is 3.62. The monoisotopic (exact) mass is 485 g/mol. The largest absolute Gasteiger partial charge is 0.342 e. The van der Waals surface area contributed by atoms with Crippen molar-refractivity contribution in [2.75, 3.05) is 26.2 Å². The van der Waals surface area contributed by atoms with Crippen LogP contribution in [0.1, 0.15) is 35.0 Å². The first-order chi connectivity index (χ1) is 17.5. The van der Waals surface area contributed by atoms with Crippen LogP contribution in [0.15, 0.2) is 59.4 Å². The number of likely N-dealkylation sites (tertiary alicyclic amines) is 2. The van der Waals surface area contributed by atoms with Crippen molar-refractivity contribution in [2.24, 2.45) is 20.0 Å². The highest BCUT2D eigenvalue weighted by Gasteiger charge is 2.39. The average Bonchev–Trinajstić information content (AvgIpc) is 3.48. The number of fused-ring (bicyclic) bond motifs is 1. The smallest absolute Gasteiger partial charge is 0.253 e. The third-order valence-electron chi connectivity index (χ3n) is 7.48. The zero-order chi connectivity index (χ0) is 24.8. The van der Waals surface area contributed by atoms with Crippen LogP contribution < -0.4 is 4.57 Å². The van der Waals surface area contributed by atoms with E-state index in [0.717, 1.165) is 29.4 Å². The lowest BCUT2D eigenvalue weighted by atomic mass is 9.93. The van der Waals surface area contributed by atoms with Crippen LogP contribution in [0.4, 0.5) is 0 Å². The summed E-state index contributed by atoms with van der Waals surface area (Å²) >= 11 is 0. The second-order valence-electron chi connectivity index (χ2n) is 9.87. The summed E-state index contributed by atoms with van der Waals surface area (Å²) in [4.78, 5) is 33.9. The fourth-order valence-corrected chi connectivity index (χ4v) is 5.31. The van der Waals surface area contributed by atoms with Gasteiger partial charge in [0.2, 0.25) is 23.9 Å². The molecular weight excluding hydrogens is 456 g/mol. The summed E-state index contributed by atoms with van der Waals surface area (Å²) in [6.45, 7) is 2.30. The van der Waals surface area contributed by atoms with Crippen molar-refractivity contribution in [1.29, 1.82) is 0 Å². The zero-order valence-corrected chi connectivity index (χ0v) is 20.5. The predicted octanol–water partition coefficient (Wildman–Crippen LogP) is 2.53. The van der Waals surface area contributed by atoms with E-state index >= 15 is 0 Å². The Morgan fingerprint density at radius 3 is 2.53 bits per heavy atom. The molecule has 4 aromatic rings. The molecule has 2 aromatic carbocycles. The lowest BCUT2D eigenvalue weighted by molar-refractivity contribution is -0.645. The number of hydrogen-bond acceptors (Lipinski definition) is 5. The molecule has 0 spiro atoms. The van der Waals surface area contributed by atoms with Gasteiger partial charge in [0.1, 0.15) is 0 Å². The van der Waals surface area contributed by atoms with Gasteiger partial charge in [-0.25, -0.2) is 9.13 Å². The fourth-order valence-electron chi connectivity index (χ4n) is 5.31. The highest BCUT2D eigenvalue weighted by Crippen LogP contribution is 2.31. The van der Waals surface area contributed by atoms with Gasteiger partial charge in [-0.05, 0) is 37.1 Å². The Morgan fingerprint density at radius 2 is 1.78 bits per heavy atom. The van der Waals surface area contributed by atoms with Gasteiger partial charge < -0.3 is 14.3 Å². The standard InChI is InChI=1S/C27H29N6O3/c1-30-17-31(2)23-14-20(8-9-22(23)30)24-28-25(36-29-24)18-10-12-32(13-11-18)27(35)21-15-33(16-21)26(34)19-6-4-3-5-7-19/h3-9,14,17-18,21H,10-13,15-16H2,1-2H3/q+1. The van der Waals surface area contributed by atoms with Crippen LogP contribution in [-0.2, 0) is 18.9 Å². The van der Waals surface area contributed by atoms with Crippen LogP contribution in [0.2, 0.25) is 0 Å². The molecule has 0 aliphatic carbocycles. The van der Waals surface area contributed by atoms with E-state index < -0.39 is 0 Å². The molecule has 9 nitrogen and oxygen atoms in total. The van der Waals surface area contributed by atoms with Crippen molar-refractivity contribution in [3.05, 3.63) is 66.3 Å². The SMILES string of the molecule is Cn1c[n+](C)c2ccc(-c3noc(C4CCN(C(=O)C5CN(C(=O)c6ccccc6)C5)CC4)n3)cc21. The van der Waals surface area contributed by atoms with Gasteiger partial charge in [0, 0.05) is 49.3 Å².